The van der Waals surface area contributed by atoms with Crippen LogP contribution in [0.1, 0.15) is 18.5 Å². The summed E-state index contributed by atoms with van der Waals surface area (Å²) in [4.78, 5) is 2.10. The molecule has 0 aliphatic heterocycles. The fourth-order valence-corrected chi connectivity index (χ4v) is 0.876. The van der Waals surface area contributed by atoms with E-state index in [0.29, 0.717) is 6.04 Å². The summed E-state index contributed by atoms with van der Waals surface area (Å²) in [5.41, 5.74) is 1.03. The summed E-state index contributed by atoms with van der Waals surface area (Å²) < 4.78 is 0. The average molecular weight is 249 g/mol. The maximum absolute atomic E-state index is 2.94. The molecule has 2 aromatic carbocycles. The summed E-state index contributed by atoms with van der Waals surface area (Å²) in [5.74, 6) is 0. The van der Waals surface area contributed by atoms with Crippen LogP contribution in [0, 0.1) is 48.5 Å². The van der Waals surface area contributed by atoms with Gasteiger partial charge in [-0.05, 0) is 14.1 Å². The quantitative estimate of drug-likeness (QED) is 0.579. The van der Waals surface area contributed by atoms with Crippen LogP contribution in [0.2, 0.25) is 0 Å². The number of hydrogen-bond acceptors (Lipinski definition) is 1. The third kappa shape index (κ3) is 5.31. The van der Waals surface area contributed by atoms with Crippen molar-refractivity contribution in [2.75, 3.05) is 14.1 Å². The predicted octanol–water partition coefficient (Wildman–Crippen LogP) is 1.83. The Balaban J connectivity index is 0.000000318. The maximum Gasteiger partial charge on any atom is 2.00 e. The van der Waals surface area contributed by atoms with E-state index in [1.165, 1.54) is 0 Å². The first-order chi connectivity index (χ1) is 7.22. The smallest absolute Gasteiger partial charge is 0.999 e. The van der Waals surface area contributed by atoms with Gasteiger partial charge in [0.25, 0.3) is 0 Å². The second-order valence-electron chi connectivity index (χ2n) is 3.24. The fraction of sp³-hybridized carbons (Fsp3) is 0.286. The molecule has 0 aliphatic rings. The molecule has 0 bridgehead atoms. The van der Waals surface area contributed by atoms with Crippen molar-refractivity contribution in [3.63, 3.8) is 0 Å². The van der Waals surface area contributed by atoms with Crippen LogP contribution >= 0.6 is 0 Å². The van der Waals surface area contributed by atoms with Gasteiger partial charge in [0, 0.05) is 0 Å². The van der Waals surface area contributed by atoms with Crippen LogP contribution in [0.15, 0.2) is 6.07 Å². The molecular weight excluding hydrogens is 238 g/mol. The SMILES string of the molecule is C[C@H]([c-]1[c-][c-][c-][c-]1)N(C)C.[Fe+2].[c-]1[c-][c-][cH-][c-]1. The molecule has 2 rings (SSSR count). The van der Waals surface area contributed by atoms with Crippen molar-refractivity contribution in [2.45, 2.75) is 13.0 Å². The average Bonchev–Trinajstić information content (AvgIpc) is 2.92. The number of nitrogens with zero attached hydrogens (tertiary/aromatic N) is 1. The van der Waals surface area contributed by atoms with Crippen LogP contribution in [-0.2, 0) is 17.1 Å². The normalized spacial score (nSPS) is 11.2. The van der Waals surface area contributed by atoms with Gasteiger partial charge in [0.1, 0.15) is 0 Å². The second kappa shape index (κ2) is 8.35. The van der Waals surface area contributed by atoms with E-state index in [1.807, 2.05) is 14.1 Å². The van der Waals surface area contributed by atoms with Gasteiger partial charge in [-0.25, -0.2) is 0 Å². The van der Waals surface area contributed by atoms with Crippen LogP contribution in [0.3, 0.4) is 0 Å². The minimum atomic E-state index is 0. The first-order valence-corrected chi connectivity index (χ1v) is 4.60. The molecule has 0 heterocycles. The molecule has 0 N–H and O–H groups in total. The van der Waals surface area contributed by atoms with E-state index in [1.54, 1.807) is 6.07 Å². The molecular formula is C14H11FeN-8. The molecule has 0 aliphatic carbocycles. The summed E-state index contributed by atoms with van der Waals surface area (Å²) in [6, 6.07) is 23.7. The first kappa shape index (κ1) is 15.2. The van der Waals surface area contributed by atoms with Crippen molar-refractivity contribution < 1.29 is 17.1 Å². The maximum atomic E-state index is 2.94. The van der Waals surface area contributed by atoms with E-state index in [4.69, 9.17) is 0 Å². The van der Waals surface area contributed by atoms with Gasteiger partial charge in [-0.15, -0.1) is 0 Å². The Morgan fingerprint density at radius 2 is 1.50 bits per heavy atom. The van der Waals surface area contributed by atoms with Crippen molar-refractivity contribution in [1.82, 2.24) is 4.90 Å². The van der Waals surface area contributed by atoms with Crippen molar-refractivity contribution in [3.05, 3.63) is 60.2 Å². The van der Waals surface area contributed by atoms with Crippen molar-refractivity contribution in [2.24, 2.45) is 0 Å². The minimum Gasteiger partial charge on any atom is -0.999 e. The molecule has 88 valence electrons. The molecule has 0 saturated heterocycles. The van der Waals surface area contributed by atoms with E-state index in [0.717, 1.165) is 5.56 Å². The van der Waals surface area contributed by atoms with Crippen LogP contribution in [0.25, 0.3) is 0 Å². The van der Waals surface area contributed by atoms with Crippen LogP contribution < -0.4 is 0 Å². The topological polar surface area (TPSA) is 3.24 Å². The Hall–Kier alpha value is -0.821. The zero-order valence-electron chi connectivity index (χ0n) is 9.46. The summed E-state index contributed by atoms with van der Waals surface area (Å²) in [6.07, 6.45) is 0. The summed E-state index contributed by atoms with van der Waals surface area (Å²) in [7, 11) is 4.05. The van der Waals surface area contributed by atoms with Gasteiger partial charge < -0.3 is 65.1 Å². The van der Waals surface area contributed by atoms with Gasteiger partial charge in [0.2, 0.25) is 0 Å². The molecule has 0 fully saturated rings. The van der Waals surface area contributed by atoms with E-state index < -0.39 is 0 Å². The minimum absolute atomic E-state index is 0. The summed E-state index contributed by atoms with van der Waals surface area (Å²) in [5, 5.41) is 0. The van der Waals surface area contributed by atoms with E-state index in [-0.39, 0.29) is 17.1 Å². The Bertz CT molecular complexity index is 304. The number of hydrogen-bond donors (Lipinski definition) is 0. The third-order valence-electron chi connectivity index (χ3n) is 2.00. The molecule has 2 heteroatoms. The molecule has 0 radical (unpaired) electrons. The van der Waals surface area contributed by atoms with Gasteiger partial charge in [-0.3, -0.25) is 0 Å². The monoisotopic (exact) mass is 249 g/mol. The molecule has 0 aromatic heterocycles. The Labute approximate surface area is 109 Å². The molecule has 1 atom stereocenters. The van der Waals surface area contributed by atoms with E-state index in [2.05, 4.69) is 60.4 Å². The zero-order valence-corrected chi connectivity index (χ0v) is 10.6. The van der Waals surface area contributed by atoms with Crippen molar-refractivity contribution in [1.29, 1.82) is 0 Å². The standard InChI is InChI=1S/C9H10N.C5H.Fe/c1-8(10(2)3)9-6-4-5-7-9;1-2-4-5-3-1;/h8H,1-3H3;1H;/q2*-5;+2/t8-;;/m1../s1. The Morgan fingerprint density at radius 1 is 1.00 bits per heavy atom. The molecule has 2 aromatic rings. The van der Waals surface area contributed by atoms with Gasteiger partial charge in [0.05, 0.1) is 0 Å². The molecule has 1 nitrogen and oxygen atoms in total. The van der Waals surface area contributed by atoms with Gasteiger partial charge >= 0.3 is 17.1 Å². The molecule has 0 amide bonds. The number of rotatable bonds is 2. The van der Waals surface area contributed by atoms with Gasteiger partial charge in [0.15, 0.2) is 0 Å². The Morgan fingerprint density at radius 3 is 1.81 bits per heavy atom. The van der Waals surface area contributed by atoms with E-state index in [9.17, 15) is 0 Å². The summed E-state index contributed by atoms with van der Waals surface area (Å²) in [6.45, 7) is 2.10. The predicted molar refractivity (Wildman–Crippen MR) is 56.9 cm³/mol. The zero-order chi connectivity index (χ0) is 11.1. The van der Waals surface area contributed by atoms with Crippen LogP contribution in [0.4, 0.5) is 0 Å². The fourth-order valence-electron chi connectivity index (χ4n) is 0.876. The van der Waals surface area contributed by atoms with Gasteiger partial charge in [-0.1, -0.05) is 6.92 Å². The van der Waals surface area contributed by atoms with Gasteiger partial charge in [-0.2, -0.15) is 6.04 Å². The molecule has 0 saturated carbocycles. The second-order valence-corrected chi connectivity index (χ2v) is 3.24. The van der Waals surface area contributed by atoms with Crippen LogP contribution in [-0.4, -0.2) is 19.0 Å². The molecule has 0 unspecified atom stereocenters. The first-order valence-electron chi connectivity index (χ1n) is 4.60. The van der Waals surface area contributed by atoms with E-state index >= 15 is 0 Å². The largest absolute Gasteiger partial charge is 2.00 e. The van der Waals surface area contributed by atoms with Crippen LogP contribution in [0.5, 0.6) is 0 Å². The van der Waals surface area contributed by atoms with Crippen molar-refractivity contribution >= 4 is 0 Å². The Kier molecular flexibility index (Phi) is 7.92. The third-order valence-corrected chi connectivity index (χ3v) is 2.00. The molecule has 0 spiro atoms. The molecule has 16 heavy (non-hydrogen) atoms. The van der Waals surface area contributed by atoms with Crippen molar-refractivity contribution in [3.8, 4) is 0 Å². The summed E-state index contributed by atoms with van der Waals surface area (Å²) >= 11 is 0.